The van der Waals surface area contributed by atoms with Crippen molar-refractivity contribution >= 4 is 28.3 Å². The van der Waals surface area contributed by atoms with Gasteiger partial charge in [-0.15, -0.1) is 11.3 Å². The number of likely N-dealkylation sites (tertiary alicyclic amines) is 1. The van der Waals surface area contributed by atoms with Gasteiger partial charge in [-0.1, -0.05) is 6.92 Å². The van der Waals surface area contributed by atoms with Gasteiger partial charge >= 0.3 is 5.97 Å². The van der Waals surface area contributed by atoms with Crippen LogP contribution in [0, 0.1) is 12.8 Å². The molecule has 0 aliphatic carbocycles. The molecule has 0 atom stereocenters. The predicted molar refractivity (Wildman–Crippen MR) is 102 cm³/mol. The quantitative estimate of drug-likeness (QED) is 0.775. The Morgan fingerprint density at radius 1 is 1.42 bits per heavy atom. The molecule has 1 aliphatic heterocycles. The molecule has 1 aliphatic rings. The van der Waals surface area contributed by atoms with Gasteiger partial charge in [-0.05, 0) is 45.7 Å². The molecule has 2 aromatic rings. The van der Waals surface area contributed by atoms with Gasteiger partial charge in [0.2, 0.25) is 0 Å². The predicted octanol–water partition coefficient (Wildman–Crippen LogP) is 3.39. The van der Waals surface area contributed by atoms with E-state index in [2.05, 4.69) is 32.1 Å². The number of rotatable bonds is 6. The maximum Gasteiger partial charge on any atom is 0.343 e. The minimum absolute atomic E-state index is 0.308. The molecule has 0 amide bonds. The van der Waals surface area contributed by atoms with Gasteiger partial charge in [0.15, 0.2) is 5.13 Å². The van der Waals surface area contributed by atoms with Crippen LogP contribution in [0.15, 0.2) is 12.5 Å². The van der Waals surface area contributed by atoms with Crippen LogP contribution >= 0.6 is 11.3 Å². The zero-order valence-electron chi connectivity index (χ0n) is 15.5. The number of aromatic nitrogens is 3. The Kier molecular flexibility index (Phi) is 6.16. The summed E-state index contributed by atoms with van der Waals surface area (Å²) in [6, 6.07) is 0. The Balaban J connectivity index is 1.71. The Labute approximate surface area is 157 Å². The lowest BCUT2D eigenvalue weighted by Crippen LogP contribution is -2.32. The highest BCUT2D eigenvalue weighted by Crippen LogP contribution is 2.28. The molecular weight excluding hydrogens is 350 g/mol. The third kappa shape index (κ3) is 4.56. The molecule has 0 radical (unpaired) electrons. The molecule has 1 saturated heterocycles. The van der Waals surface area contributed by atoms with Crippen molar-refractivity contribution in [2.24, 2.45) is 5.92 Å². The third-order valence-electron chi connectivity index (χ3n) is 4.57. The second kappa shape index (κ2) is 8.55. The van der Waals surface area contributed by atoms with Gasteiger partial charge in [0.05, 0.1) is 12.3 Å². The second-order valence-corrected chi connectivity index (χ2v) is 7.70. The minimum atomic E-state index is -0.438. The summed E-state index contributed by atoms with van der Waals surface area (Å²) in [5.41, 5.74) is 1.33. The molecular formula is C18H25N5O2S. The summed E-state index contributed by atoms with van der Waals surface area (Å²) >= 11 is 1.61. The Morgan fingerprint density at radius 3 is 2.92 bits per heavy atom. The van der Waals surface area contributed by atoms with Crippen molar-refractivity contribution in [1.82, 2.24) is 19.9 Å². The lowest BCUT2D eigenvalue weighted by atomic mass is 9.99. The van der Waals surface area contributed by atoms with Crippen molar-refractivity contribution in [3.8, 4) is 0 Å². The third-order valence-corrected chi connectivity index (χ3v) is 5.63. The van der Waals surface area contributed by atoms with E-state index in [1.54, 1.807) is 18.3 Å². The summed E-state index contributed by atoms with van der Waals surface area (Å²) in [6.45, 7) is 9.62. The molecule has 2 aromatic heterocycles. The van der Waals surface area contributed by atoms with Crippen molar-refractivity contribution in [2.75, 3.05) is 25.0 Å². The first-order chi connectivity index (χ1) is 12.6. The van der Waals surface area contributed by atoms with Crippen LogP contribution in [0.5, 0.6) is 0 Å². The van der Waals surface area contributed by atoms with E-state index < -0.39 is 5.97 Å². The van der Waals surface area contributed by atoms with Crippen LogP contribution in [0.4, 0.5) is 10.9 Å². The molecule has 0 aromatic carbocycles. The highest BCUT2D eigenvalue weighted by atomic mass is 32.1. The first kappa shape index (κ1) is 18.7. The Bertz CT molecular complexity index is 756. The fraction of sp³-hybridized carbons (Fsp3) is 0.556. The largest absolute Gasteiger partial charge is 0.462 e. The van der Waals surface area contributed by atoms with Crippen LogP contribution in [0.25, 0.3) is 0 Å². The summed E-state index contributed by atoms with van der Waals surface area (Å²) in [5, 5.41) is 3.88. The summed E-state index contributed by atoms with van der Waals surface area (Å²) in [5.74, 6) is 0.808. The molecule has 1 N–H and O–H groups in total. The van der Waals surface area contributed by atoms with Crippen LogP contribution in [0.2, 0.25) is 0 Å². The minimum Gasteiger partial charge on any atom is -0.462 e. The van der Waals surface area contributed by atoms with Gasteiger partial charge in [-0.2, -0.15) is 0 Å². The number of hydrogen-bond donors (Lipinski definition) is 1. The van der Waals surface area contributed by atoms with E-state index >= 15 is 0 Å². The molecule has 140 valence electrons. The lowest BCUT2D eigenvalue weighted by molar-refractivity contribution is 0.0526. The number of piperidine rings is 1. The van der Waals surface area contributed by atoms with Crippen molar-refractivity contribution in [1.29, 1.82) is 0 Å². The van der Waals surface area contributed by atoms with E-state index in [1.807, 2.05) is 6.92 Å². The number of thiazole rings is 1. The maximum atomic E-state index is 12.1. The first-order valence-electron chi connectivity index (χ1n) is 8.99. The summed E-state index contributed by atoms with van der Waals surface area (Å²) in [7, 11) is 0. The van der Waals surface area contributed by atoms with Crippen LogP contribution in [-0.4, -0.2) is 45.5 Å². The van der Waals surface area contributed by atoms with Gasteiger partial charge < -0.3 is 10.1 Å². The number of anilines is 2. The molecule has 0 bridgehead atoms. The fourth-order valence-electron chi connectivity index (χ4n) is 2.94. The summed E-state index contributed by atoms with van der Waals surface area (Å²) in [6.07, 6.45) is 5.38. The van der Waals surface area contributed by atoms with Crippen molar-refractivity contribution < 1.29 is 9.53 Å². The smallest absolute Gasteiger partial charge is 0.343 e. The molecule has 1 fully saturated rings. The molecule has 0 saturated carbocycles. The fourth-order valence-corrected chi connectivity index (χ4v) is 3.94. The number of carbonyl (C=O) groups excluding carboxylic acids is 1. The molecule has 0 unspecified atom stereocenters. The van der Waals surface area contributed by atoms with E-state index in [-0.39, 0.29) is 0 Å². The van der Waals surface area contributed by atoms with Crippen LogP contribution in [0.3, 0.4) is 0 Å². The summed E-state index contributed by atoms with van der Waals surface area (Å²) in [4.78, 5) is 28.5. The van der Waals surface area contributed by atoms with Crippen LogP contribution < -0.4 is 5.32 Å². The normalized spacial score (nSPS) is 15.8. The van der Waals surface area contributed by atoms with Gasteiger partial charge in [0.1, 0.15) is 17.7 Å². The van der Waals surface area contributed by atoms with Gasteiger partial charge in [0.25, 0.3) is 0 Å². The van der Waals surface area contributed by atoms with Gasteiger partial charge in [0, 0.05) is 17.6 Å². The Morgan fingerprint density at radius 2 is 2.19 bits per heavy atom. The average Bonchev–Trinajstić information content (AvgIpc) is 2.97. The standard InChI is InChI=1S/C18H25N5O2S/c1-4-25-17(24)14-9-19-11-20-16(14)22-18-21-13(3)15(26-18)10-23-7-5-12(2)6-8-23/h9,11-12H,4-8,10H2,1-3H3,(H,19,20,21,22). The molecule has 7 nitrogen and oxygen atoms in total. The SMILES string of the molecule is CCOC(=O)c1cncnc1Nc1nc(C)c(CN2CCC(C)CC2)s1. The van der Waals surface area contributed by atoms with E-state index in [4.69, 9.17) is 4.74 Å². The topological polar surface area (TPSA) is 80.2 Å². The van der Waals surface area contributed by atoms with Crippen molar-refractivity contribution in [3.63, 3.8) is 0 Å². The maximum absolute atomic E-state index is 12.1. The first-order valence-corrected chi connectivity index (χ1v) is 9.81. The summed E-state index contributed by atoms with van der Waals surface area (Å²) < 4.78 is 5.06. The van der Waals surface area contributed by atoms with Crippen LogP contribution in [0.1, 0.15) is 47.6 Å². The van der Waals surface area contributed by atoms with E-state index in [1.165, 1.54) is 30.2 Å². The van der Waals surface area contributed by atoms with Gasteiger partial charge in [-0.25, -0.2) is 19.7 Å². The monoisotopic (exact) mass is 375 g/mol. The van der Waals surface area contributed by atoms with Crippen LogP contribution in [-0.2, 0) is 11.3 Å². The number of nitrogens with zero attached hydrogens (tertiary/aromatic N) is 4. The molecule has 3 rings (SSSR count). The van der Waals surface area contributed by atoms with E-state index in [0.29, 0.717) is 18.0 Å². The molecule has 3 heterocycles. The second-order valence-electron chi connectivity index (χ2n) is 6.62. The number of esters is 1. The highest BCUT2D eigenvalue weighted by Gasteiger charge is 2.19. The molecule has 26 heavy (non-hydrogen) atoms. The number of carbonyl (C=O) groups is 1. The highest BCUT2D eigenvalue weighted by molar-refractivity contribution is 7.15. The average molecular weight is 375 g/mol. The number of aryl methyl sites for hydroxylation is 1. The zero-order valence-corrected chi connectivity index (χ0v) is 16.3. The Hall–Kier alpha value is -2.06. The number of nitrogens with one attached hydrogen (secondary N) is 1. The zero-order chi connectivity index (χ0) is 18.5. The lowest BCUT2D eigenvalue weighted by Gasteiger charge is -2.29. The van der Waals surface area contributed by atoms with Crippen molar-refractivity contribution in [3.05, 3.63) is 28.7 Å². The number of ether oxygens (including phenoxy) is 1. The molecule has 0 spiro atoms. The number of hydrogen-bond acceptors (Lipinski definition) is 8. The van der Waals surface area contributed by atoms with E-state index in [0.717, 1.165) is 36.4 Å². The molecule has 8 heteroatoms. The van der Waals surface area contributed by atoms with E-state index in [9.17, 15) is 4.79 Å². The van der Waals surface area contributed by atoms with Gasteiger partial charge in [-0.3, -0.25) is 4.90 Å². The van der Waals surface area contributed by atoms with Crippen molar-refractivity contribution in [2.45, 2.75) is 40.2 Å².